The first kappa shape index (κ1) is 38.5. The number of carbonyl (C=O) groups excluding carboxylic acids is 3. The van der Waals surface area contributed by atoms with Gasteiger partial charge in [0.25, 0.3) is 5.91 Å². The Morgan fingerprint density at radius 3 is 2.55 bits per heavy atom. The van der Waals surface area contributed by atoms with E-state index in [0.29, 0.717) is 44.3 Å². The first-order valence-corrected chi connectivity index (χ1v) is 19.1. The molecule has 0 spiro atoms. The number of benzene rings is 3. The standard InChI is InChI=1S/C43H54N2O8/c1-28-10-12-32-30(25-28)11-13-34-33(32)18-20-43(2)35(34)14-17-38(43)52-22-19-31(46)9-6-21-50-23-24-51-27-39(47)45-36-15-16-37(40(41(36)48)42(44)49)53-26-29-7-4-3-5-8-29/h3-5,7-8,10,12,15-16,25,33-35,38,48H,6,9,11,13-14,17-24,26-27H2,1-2H3,(H2,44,49)(H,45,47)/t33?,34?,35?,38-,43?/m1/s1. The molecule has 2 amide bonds. The molecule has 4 N–H and O–H groups in total. The summed E-state index contributed by atoms with van der Waals surface area (Å²) >= 11 is 0. The van der Waals surface area contributed by atoms with E-state index in [1.165, 1.54) is 49.8 Å². The van der Waals surface area contributed by atoms with Crippen LogP contribution in [0, 0.1) is 24.2 Å². The molecular weight excluding hydrogens is 672 g/mol. The number of carbonyl (C=O) groups is 3. The van der Waals surface area contributed by atoms with Crippen LogP contribution in [0.3, 0.4) is 0 Å². The van der Waals surface area contributed by atoms with Crippen LogP contribution in [0.25, 0.3) is 0 Å². The zero-order chi connectivity index (χ0) is 37.4. The molecule has 0 saturated heterocycles. The minimum absolute atomic E-state index is 0.0144. The number of phenols is 1. The minimum Gasteiger partial charge on any atom is -0.505 e. The number of nitrogens with two attached hydrogens (primary N) is 1. The highest BCUT2D eigenvalue weighted by Gasteiger charge is 2.55. The summed E-state index contributed by atoms with van der Waals surface area (Å²) in [5.41, 5.74) is 10.9. The highest BCUT2D eigenvalue weighted by molar-refractivity contribution is 6.02. The van der Waals surface area contributed by atoms with Crippen molar-refractivity contribution >= 4 is 23.3 Å². The van der Waals surface area contributed by atoms with E-state index in [-0.39, 0.29) is 60.7 Å². The lowest BCUT2D eigenvalue weighted by molar-refractivity contribution is -0.123. The quantitative estimate of drug-likeness (QED) is 0.0936. The molecule has 284 valence electrons. The number of hydrogen-bond acceptors (Lipinski definition) is 8. The van der Waals surface area contributed by atoms with Gasteiger partial charge in [-0.2, -0.15) is 0 Å². The summed E-state index contributed by atoms with van der Waals surface area (Å²) in [5, 5.41) is 13.2. The fraction of sp³-hybridized carbons (Fsp3) is 0.512. The Labute approximate surface area is 312 Å². The molecule has 4 unspecified atom stereocenters. The van der Waals surface area contributed by atoms with E-state index in [1.807, 2.05) is 30.3 Å². The van der Waals surface area contributed by atoms with Gasteiger partial charge in [-0.1, -0.05) is 61.0 Å². The summed E-state index contributed by atoms with van der Waals surface area (Å²) in [7, 11) is 0. The van der Waals surface area contributed by atoms with E-state index in [0.717, 1.165) is 17.9 Å². The van der Waals surface area contributed by atoms with Crippen LogP contribution in [0.2, 0.25) is 0 Å². The van der Waals surface area contributed by atoms with Crippen LogP contribution in [0.5, 0.6) is 11.5 Å². The van der Waals surface area contributed by atoms with E-state index in [2.05, 4.69) is 37.4 Å². The number of ketones is 1. The predicted molar refractivity (Wildman–Crippen MR) is 202 cm³/mol. The van der Waals surface area contributed by atoms with Gasteiger partial charge in [-0.15, -0.1) is 0 Å². The number of rotatable bonds is 18. The van der Waals surface area contributed by atoms with Gasteiger partial charge in [0.1, 0.15) is 30.3 Å². The molecule has 0 aliphatic heterocycles. The van der Waals surface area contributed by atoms with Gasteiger partial charge >= 0.3 is 0 Å². The van der Waals surface area contributed by atoms with Crippen LogP contribution in [0.4, 0.5) is 5.69 Å². The zero-order valence-electron chi connectivity index (χ0n) is 31.1. The second kappa shape index (κ2) is 17.7. The van der Waals surface area contributed by atoms with Gasteiger partial charge in [-0.05, 0) is 104 Å². The van der Waals surface area contributed by atoms with Gasteiger partial charge in [-0.3, -0.25) is 14.4 Å². The van der Waals surface area contributed by atoms with E-state index in [4.69, 9.17) is 24.7 Å². The molecule has 10 heteroatoms. The van der Waals surface area contributed by atoms with Crippen molar-refractivity contribution in [1.29, 1.82) is 0 Å². The van der Waals surface area contributed by atoms with Crippen molar-refractivity contribution < 1.29 is 38.4 Å². The van der Waals surface area contributed by atoms with E-state index in [9.17, 15) is 19.5 Å². The molecule has 5 atom stereocenters. The third-order valence-corrected chi connectivity index (χ3v) is 11.7. The van der Waals surface area contributed by atoms with Crippen LogP contribution in [0.1, 0.15) is 96.8 Å². The maximum atomic E-state index is 12.6. The van der Waals surface area contributed by atoms with Crippen LogP contribution in [-0.4, -0.2) is 61.8 Å². The molecule has 0 radical (unpaired) electrons. The summed E-state index contributed by atoms with van der Waals surface area (Å²) in [5.74, 6) is 0.515. The highest BCUT2D eigenvalue weighted by atomic mass is 16.5. The summed E-state index contributed by atoms with van der Waals surface area (Å²) < 4.78 is 23.2. The fourth-order valence-corrected chi connectivity index (χ4v) is 9.09. The number of ether oxygens (including phenoxy) is 4. The Balaban J connectivity index is 0.825. The molecular formula is C43H54N2O8. The Morgan fingerprint density at radius 1 is 0.925 bits per heavy atom. The fourth-order valence-electron chi connectivity index (χ4n) is 9.09. The monoisotopic (exact) mass is 726 g/mol. The molecule has 3 aliphatic rings. The molecule has 10 nitrogen and oxygen atoms in total. The Morgan fingerprint density at radius 2 is 1.74 bits per heavy atom. The largest absolute Gasteiger partial charge is 0.505 e. The van der Waals surface area contributed by atoms with Gasteiger partial charge in [0.15, 0.2) is 5.75 Å². The van der Waals surface area contributed by atoms with Crippen molar-refractivity contribution in [3.63, 3.8) is 0 Å². The van der Waals surface area contributed by atoms with Gasteiger partial charge in [-0.25, -0.2) is 0 Å². The lowest BCUT2D eigenvalue weighted by Gasteiger charge is -2.50. The SMILES string of the molecule is Cc1ccc2c(c1)CCC1C2CCC2(C)C1CC[C@H]2OCCC(=O)CCCOCCOCC(=O)Nc1ccc(OCc2ccccc2)c(C(N)=O)c1O. The van der Waals surface area contributed by atoms with Crippen LogP contribution >= 0.6 is 0 Å². The zero-order valence-corrected chi connectivity index (χ0v) is 31.1. The van der Waals surface area contributed by atoms with Crippen molar-refractivity contribution in [2.24, 2.45) is 23.0 Å². The van der Waals surface area contributed by atoms with Gasteiger partial charge < -0.3 is 35.1 Å². The van der Waals surface area contributed by atoms with E-state index in [1.54, 1.807) is 11.1 Å². The molecule has 0 heterocycles. The molecule has 3 aromatic rings. The van der Waals surface area contributed by atoms with Gasteiger partial charge in [0.05, 0.1) is 31.6 Å². The highest BCUT2D eigenvalue weighted by Crippen LogP contribution is 2.61. The van der Waals surface area contributed by atoms with Crippen LogP contribution in [-0.2, 0) is 36.8 Å². The molecule has 53 heavy (non-hydrogen) atoms. The summed E-state index contributed by atoms with van der Waals surface area (Å²) in [6, 6.07) is 19.3. The first-order chi connectivity index (χ1) is 25.6. The molecule has 0 aromatic heterocycles. The van der Waals surface area contributed by atoms with E-state index >= 15 is 0 Å². The average molecular weight is 727 g/mol. The minimum atomic E-state index is -0.889. The number of nitrogens with one attached hydrogen (secondary N) is 1. The Hall–Kier alpha value is -4.25. The summed E-state index contributed by atoms with van der Waals surface area (Å²) in [6.07, 6.45) is 8.92. The van der Waals surface area contributed by atoms with Crippen molar-refractivity contribution in [3.8, 4) is 11.5 Å². The third-order valence-electron chi connectivity index (χ3n) is 11.7. The van der Waals surface area contributed by atoms with Crippen molar-refractivity contribution in [1.82, 2.24) is 0 Å². The van der Waals surface area contributed by atoms with Gasteiger partial charge in [0, 0.05) is 19.4 Å². The Bertz CT molecular complexity index is 1750. The number of amides is 2. The predicted octanol–water partition coefficient (Wildman–Crippen LogP) is 7.03. The maximum Gasteiger partial charge on any atom is 0.256 e. The average Bonchev–Trinajstić information content (AvgIpc) is 3.48. The van der Waals surface area contributed by atoms with Crippen LogP contribution in [0.15, 0.2) is 60.7 Å². The van der Waals surface area contributed by atoms with Crippen molar-refractivity contribution in [2.45, 2.75) is 90.3 Å². The Kier molecular flexibility index (Phi) is 12.9. The molecule has 0 bridgehead atoms. The molecule has 3 aliphatic carbocycles. The van der Waals surface area contributed by atoms with Crippen molar-refractivity contribution in [3.05, 3.63) is 88.5 Å². The smallest absolute Gasteiger partial charge is 0.256 e. The normalized spacial score (nSPS) is 23.1. The first-order valence-electron chi connectivity index (χ1n) is 19.1. The second-order valence-corrected chi connectivity index (χ2v) is 15.2. The molecule has 2 fully saturated rings. The lowest BCUT2D eigenvalue weighted by Crippen LogP contribution is -2.44. The lowest BCUT2D eigenvalue weighted by atomic mass is 9.55. The number of aromatic hydroxyl groups is 1. The number of aryl methyl sites for hydroxylation is 2. The topological polar surface area (TPSA) is 146 Å². The summed E-state index contributed by atoms with van der Waals surface area (Å²) in [4.78, 5) is 37.1. The van der Waals surface area contributed by atoms with Crippen LogP contribution < -0.4 is 15.8 Å². The number of anilines is 1. The third kappa shape index (κ3) is 9.28. The molecule has 6 rings (SSSR count). The molecule has 2 saturated carbocycles. The summed E-state index contributed by atoms with van der Waals surface area (Å²) in [6.45, 7) is 5.86. The molecule has 3 aromatic carbocycles. The number of fused-ring (bicyclic) bond motifs is 5. The number of Topliss-reactive ketones (excluding diaryl/α,β-unsaturated/α-hetero) is 1. The maximum absolute atomic E-state index is 12.6. The van der Waals surface area contributed by atoms with Crippen molar-refractivity contribution in [2.75, 3.05) is 38.4 Å². The second-order valence-electron chi connectivity index (χ2n) is 15.2. The number of hydrogen-bond donors (Lipinski definition) is 3. The van der Waals surface area contributed by atoms with E-state index < -0.39 is 17.6 Å². The van der Waals surface area contributed by atoms with Gasteiger partial charge in [0.2, 0.25) is 5.91 Å². The number of primary amides is 1.